The van der Waals surface area contributed by atoms with Gasteiger partial charge >= 0.3 is 0 Å². The fourth-order valence-electron chi connectivity index (χ4n) is 3.44. The summed E-state index contributed by atoms with van der Waals surface area (Å²) < 4.78 is 26.2. The Kier molecular flexibility index (Phi) is 6.37. The Balaban J connectivity index is 1.41. The van der Waals surface area contributed by atoms with Crippen LogP contribution < -0.4 is 5.32 Å². The first-order valence-electron chi connectivity index (χ1n) is 10.1. The smallest absolute Gasteiger partial charge is 0.262 e. The molecule has 2 heterocycles. The molecule has 0 spiro atoms. The van der Waals surface area contributed by atoms with E-state index in [2.05, 4.69) is 25.9 Å². The summed E-state index contributed by atoms with van der Waals surface area (Å²) in [5.41, 5.74) is 2.45. The maximum Gasteiger partial charge on any atom is 0.262 e. The molecule has 12 heteroatoms. The predicted molar refractivity (Wildman–Crippen MR) is 136 cm³/mol. The molecule has 2 N–H and O–H groups in total. The summed E-state index contributed by atoms with van der Waals surface area (Å²) in [5.74, 6) is -0.144. The summed E-state index contributed by atoms with van der Waals surface area (Å²) in [7, 11) is -3.74. The minimum absolute atomic E-state index is 0.111. The molecule has 0 unspecified atom stereocenters. The number of carbonyl (C=O) groups is 1. The topological polar surface area (TPSA) is 118 Å². The number of benzene rings is 3. The number of anilines is 1. The first-order valence-corrected chi connectivity index (χ1v) is 13.4. The molecule has 0 fully saturated rings. The third-order valence-corrected chi connectivity index (χ3v) is 8.64. The molecular formula is C23H15Cl2N5O3S2. The second-order valence-electron chi connectivity index (χ2n) is 7.54. The molecule has 0 aliphatic carbocycles. The van der Waals surface area contributed by atoms with E-state index >= 15 is 0 Å². The van der Waals surface area contributed by atoms with Gasteiger partial charge in [-0.05, 0) is 47.2 Å². The highest BCUT2D eigenvalue weighted by Gasteiger charge is 2.25. The van der Waals surface area contributed by atoms with Crippen molar-refractivity contribution in [3.8, 4) is 11.4 Å². The van der Waals surface area contributed by atoms with E-state index < -0.39 is 9.84 Å². The van der Waals surface area contributed by atoms with Gasteiger partial charge in [0.25, 0.3) is 5.91 Å². The highest BCUT2D eigenvalue weighted by atomic mass is 35.5. The predicted octanol–water partition coefficient (Wildman–Crippen LogP) is 5.23. The number of aromatic amines is 1. The molecule has 1 aliphatic rings. The molecule has 1 aromatic heterocycles. The number of rotatable bonds is 5. The van der Waals surface area contributed by atoms with Crippen LogP contribution in [-0.2, 0) is 20.4 Å². The van der Waals surface area contributed by atoms with E-state index in [0.717, 1.165) is 11.1 Å². The van der Waals surface area contributed by atoms with Gasteiger partial charge in [0.15, 0.2) is 9.84 Å². The molecule has 35 heavy (non-hydrogen) atoms. The summed E-state index contributed by atoms with van der Waals surface area (Å²) in [4.78, 5) is 13.8. The number of hydrogen-bond acceptors (Lipinski definition) is 7. The van der Waals surface area contributed by atoms with Crippen molar-refractivity contribution in [1.82, 2.24) is 20.6 Å². The number of nitrogens with one attached hydrogen (secondary N) is 2. The van der Waals surface area contributed by atoms with Gasteiger partial charge in [-0.3, -0.25) is 4.79 Å². The Morgan fingerprint density at radius 3 is 2.43 bits per heavy atom. The molecule has 1 amide bonds. The van der Waals surface area contributed by atoms with Gasteiger partial charge in [0, 0.05) is 26.1 Å². The van der Waals surface area contributed by atoms with E-state index in [1.54, 1.807) is 36.4 Å². The zero-order chi connectivity index (χ0) is 24.6. The van der Waals surface area contributed by atoms with E-state index in [-0.39, 0.29) is 26.6 Å². The molecule has 1 aliphatic heterocycles. The van der Waals surface area contributed by atoms with Crippen LogP contribution in [0.2, 0.25) is 10.0 Å². The van der Waals surface area contributed by atoms with Gasteiger partial charge in [-0.25, -0.2) is 8.42 Å². The van der Waals surface area contributed by atoms with Crippen LogP contribution in [0.1, 0.15) is 11.1 Å². The molecule has 5 rings (SSSR count). The Labute approximate surface area is 214 Å². The monoisotopic (exact) mass is 543 g/mol. The van der Waals surface area contributed by atoms with Crippen molar-refractivity contribution in [2.75, 3.05) is 5.32 Å². The SMILES string of the molecule is O=C1Nc2ccc(S(=O)(=O)Cc3c(Cl)cccc3Cl)cc2S/C1=C\c1ccc(-c2nn[nH]n2)cc1. The number of hydrogen-bond donors (Lipinski definition) is 2. The van der Waals surface area contributed by atoms with Gasteiger partial charge < -0.3 is 5.32 Å². The van der Waals surface area contributed by atoms with Gasteiger partial charge in [-0.15, -0.1) is 10.2 Å². The van der Waals surface area contributed by atoms with Gasteiger partial charge in [-0.1, -0.05) is 65.3 Å². The summed E-state index contributed by atoms with van der Waals surface area (Å²) in [6, 6.07) is 16.8. The molecule has 0 bridgehead atoms. The van der Waals surface area contributed by atoms with Gasteiger partial charge in [-0.2, -0.15) is 5.21 Å². The van der Waals surface area contributed by atoms with Crippen LogP contribution >= 0.6 is 35.0 Å². The molecular weight excluding hydrogens is 529 g/mol. The van der Waals surface area contributed by atoms with Gasteiger partial charge in [0.2, 0.25) is 5.82 Å². The third-order valence-electron chi connectivity index (χ3n) is 5.21. The summed E-state index contributed by atoms with van der Waals surface area (Å²) in [6.45, 7) is 0. The number of nitrogens with zero attached hydrogens (tertiary/aromatic N) is 3. The lowest BCUT2D eigenvalue weighted by Crippen LogP contribution is -2.17. The largest absolute Gasteiger partial charge is 0.320 e. The molecule has 3 aromatic carbocycles. The first-order chi connectivity index (χ1) is 16.8. The maximum absolute atomic E-state index is 13.1. The summed E-state index contributed by atoms with van der Waals surface area (Å²) >= 11 is 13.5. The zero-order valence-corrected chi connectivity index (χ0v) is 20.8. The number of thioether (sulfide) groups is 1. The minimum atomic E-state index is -3.74. The first kappa shape index (κ1) is 23.6. The molecule has 8 nitrogen and oxygen atoms in total. The molecule has 4 aromatic rings. The molecule has 0 radical (unpaired) electrons. The normalized spacial score (nSPS) is 14.6. The third kappa shape index (κ3) is 4.96. The van der Waals surface area contributed by atoms with Crippen molar-refractivity contribution in [1.29, 1.82) is 0 Å². The van der Waals surface area contributed by atoms with Crippen molar-refractivity contribution < 1.29 is 13.2 Å². The fraction of sp³-hybridized carbons (Fsp3) is 0.0435. The van der Waals surface area contributed by atoms with Crippen LogP contribution in [-0.4, -0.2) is 34.9 Å². The van der Waals surface area contributed by atoms with Crippen LogP contribution in [0.25, 0.3) is 17.5 Å². The van der Waals surface area contributed by atoms with Crippen LogP contribution in [0.4, 0.5) is 5.69 Å². The van der Waals surface area contributed by atoms with Crippen molar-refractivity contribution in [2.24, 2.45) is 0 Å². The van der Waals surface area contributed by atoms with E-state index in [9.17, 15) is 13.2 Å². The van der Waals surface area contributed by atoms with Gasteiger partial charge in [0.05, 0.1) is 21.2 Å². The van der Waals surface area contributed by atoms with Crippen LogP contribution in [0.5, 0.6) is 0 Å². The zero-order valence-electron chi connectivity index (χ0n) is 17.7. The van der Waals surface area contributed by atoms with E-state index in [1.165, 1.54) is 17.8 Å². The standard InChI is InChI=1S/C23H15Cl2N5O3S2/c24-17-2-1-3-18(25)16(17)12-35(32,33)15-8-9-19-20(11-15)34-21(23(31)26-19)10-13-4-6-14(7-5-13)22-27-29-30-28-22/h1-11H,12H2,(H,26,31)(H,27,28,29,30)/b21-10-. The van der Waals surface area contributed by atoms with Crippen molar-refractivity contribution in [2.45, 2.75) is 15.5 Å². The highest BCUT2D eigenvalue weighted by molar-refractivity contribution is 8.04. The lowest BCUT2D eigenvalue weighted by molar-refractivity contribution is -0.112. The van der Waals surface area contributed by atoms with Crippen molar-refractivity contribution >= 4 is 62.5 Å². The van der Waals surface area contributed by atoms with Crippen LogP contribution in [0.15, 0.2) is 75.4 Å². The number of carbonyl (C=O) groups excluding carboxylic acids is 1. The Morgan fingerprint density at radius 1 is 1.00 bits per heavy atom. The van der Waals surface area contributed by atoms with Gasteiger partial charge in [0.1, 0.15) is 0 Å². The highest BCUT2D eigenvalue weighted by Crippen LogP contribution is 2.41. The van der Waals surface area contributed by atoms with E-state index in [4.69, 9.17) is 23.2 Å². The number of H-pyrrole nitrogens is 1. The second kappa shape index (κ2) is 9.46. The summed E-state index contributed by atoms with van der Waals surface area (Å²) in [6.07, 6.45) is 1.73. The summed E-state index contributed by atoms with van der Waals surface area (Å²) in [5, 5.41) is 17.2. The van der Waals surface area contributed by atoms with Crippen molar-refractivity contribution in [3.63, 3.8) is 0 Å². The van der Waals surface area contributed by atoms with E-state index in [1.807, 2.05) is 24.3 Å². The minimum Gasteiger partial charge on any atom is -0.320 e. The number of fused-ring (bicyclic) bond motifs is 1. The molecule has 176 valence electrons. The Hall–Kier alpha value is -3.18. The Morgan fingerprint density at radius 2 is 1.74 bits per heavy atom. The van der Waals surface area contributed by atoms with Crippen molar-refractivity contribution in [3.05, 3.63) is 86.7 Å². The number of tetrazole rings is 1. The molecule has 0 saturated carbocycles. The number of halogens is 2. The van der Waals surface area contributed by atoms with E-state index in [0.29, 0.717) is 26.9 Å². The number of sulfone groups is 1. The fourth-order valence-corrected chi connectivity index (χ4v) is 6.62. The molecule has 0 saturated heterocycles. The maximum atomic E-state index is 13.1. The lowest BCUT2D eigenvalue weighted by atomic mass is 10.1. The number of amides is 1. The number of aromatic nitrogens is 4. The Bertz CT molecular complexity index is 1550. The second-order valence-corrected chi connectivity index (χ2v) is 11.4. The van der Waals surface area contributed by atoms with Crippen LogP contribution in [0, 0.1) is 0 Å². The average Bonchev–Trinajstić information content (AvgIpc) is 3.37. The lowest BCUT2D eigenvalue weighted by Gasteiger charge is -2.19. The van der Waals surface area contributed by atoms with Crippen LogP contribution in [0.3, 0.4) is 0 Å². The quantitative estimate of drug-likeness (QED) is 0.330. The molecule has 0 atom stereocenters. The average molecular weight is 544 g/mol.